The molecule has 5 rings (SSSR count). The van der Waals surface area contributed by atoms with E-state index in [2.05, 4.69) is 15.6 Å². The summed E-state index contributed by atoms with van der Waals surface area (Å²) in [5.41, 5.74) is -0.230. The summed E-state index contributed by atoms with van der Waals surface area (Å²) in [6.45, 7) is 2.27. The van der Waals surface area contributed by atoms with Gasteiger partial charge in [-0.15, -0.1) is 0 Å². The maximum atomic E-state index is 14.3. The molecular formula is C25H27ClF4N4O3. The Balaban J connectivity index is 1.39. The molecule has 3 aliphatic rings. The largest absolute Gasteiger partial charge is 0.356 e. The number of hydrogen-bond donors (Lipinski definition) is 3. The number of nitrogens with zero attached hydrogens (tertiary/aromatic N) is 1. The van der Waals surface area contributed by atoms with Crippen molar-refractivity contribution in [3.63, 3.8) is 0 Å². The van der Waals surface area contributed by atoms with Gasteiger partial charge in [-0.3, -0.25) is 14.4 Å². The number of hydrogen-bond acceptors (Lipinski definition) is 3. The van der Waals surface area contributed by atoms with Crippen molar-refractivity contribution in [2.75, 3.05) is 13.1 Å². The van der Waals surface area contributed by atoms with Crippen LogP contribution in [0.2, 0.25) is 5.02 Å². The number of alkyl halides is 2. The van der Waals surface area contributed by atoms with E-state index in [1.54, 1.807) is 6.92 Å². The van der Waals surface area contributed by atoms with Crippen LogP contribution in [0.5, 0.6) is 0 Å². The van der Waals surface area contributed by atoms with Gasteiger partial charge >= 0.3 is 0 Å². The van der Waals surface area contributed by atoms with Gasteiger partial charge in [-0.2, -0.15) is 0 Å². The Kier molecular flexibility index (Phi) is 6.62. The maximum Gasteiger partial charge on any atom is 0.271 e. The molecule has 5 atom stereocenters. The number of aromatic amines is 1. The van der Waals surface area contributed by atoms with Crippen molar-refractivity contribution in [2.24, 2.45) is 17.8 Å². The van der Waals surface area contributed by atoms with Crippen molar-refractivity contribution < 1.29 is 31.9 Å². The highest BCUT2D eigenvalue weighted by Crippen LogP contribution is 2.50. The standard InChI is InChI=1S/C25H27ClF4N4O3/c1-11(5-12-3-2-4-31-22(12)35)32-23(36)21-15-9-25(29,30)8-13(15)10-34(21)24(37)18-6-14-16(27)7-17(28)19(26)20(14)33-18/h6-7,11-13,15,21,33H,2-5,8-10H2,1H3,(H,31,35)(H,32,36)/t11-,12+,13+,15+,21+/m1/s1. The molecule has 3 N–H and O–H groups in total. The van der Waals surface area contributed by atoms with Gasteiger partial charge in [0.25, 0.3) is 5.91 Å². The molecule has 2 saturated heterocycles. The zero-order valence-corrected chi connectivity index (χ0v) is 20.8. The van der Waals surface area contributed by atoms with Crippen molar-refractivity contribution in [1.29, 1.82) is 0 Å². The zero-order valence-electron chi connectivity index (χ0n) is 20.1. The Bertz CT molecular complexity index is 1270. The van der Waals surface area contributed by atoms with Crippen LogP contribution in [0.3, 0.4) is 0 Å². The van der Waals surface area contributed by atoms with Crippen LogP contribution in [-0.4, -0.2) is 58.7 Å². The van der Waals surface area contributed by atoms with E-state index in [1.807, 2.05) is 0 Å². The van der Waals surface area contributed by atoms with Gasteiger partial charge in [0, 0.05) is 49.3 Å². The molecule has 12 heteroatoms. The number of halogens is 5. The third-order valence-corrected chi connectivity index (χ3v) is 8.19. The molecule has 3 fully saturated rings. The predicted octanol–water partition coefficient (Wildman–Crippen LogP) is 4.01. The molecule has 2 aromatic rings. The molecular weight excluding hydrogens is 516 g/mol. The highest BCUT2D eigenvalue weighted by atomic mass is 35.5. The lowest BCUT2D eigenvalue weighted by molar-refractivity contribution is -0.129. The van der Waals surface area contributed by atoms with Crippen LogP contribution in [0, 0.1) is 29.4 Å². The van der Waals surface area contributed by atoms with Gasteiger partial charge in [0.1, 0.15) is 28.4 Å². The summed E-state index contributed by atoms with van der Waals surface area (Å²) >= 11 is 5.94. The third-order valence-electron chi connectivity index (χ3n) is 7.82. The molecule has 0 bridgehead atoms. The lowest BCUT2D eigenvalue weighted by atomic mass is 9.91. The molecule has 1 aromatic carbocycles. The highest BCUT2D eigenvalue weighted by molar-refractivity contribution is 6.35. The fourth-order valence-corrected chi connectivity index (χ4v) is 6.38. The van der Waals surface area contributed by atoms with Crippen molar-refractivity contribution in [2.45, 2.75) is 57.0 Å². The van der Waals surface area contributed by atoms with E-state index < -0.39 is 66.1 Å². The number of nitrogens with one attached hydrogen (secondary N) is 3. The van der Waals surface area contributed by atoms with Crippen molar-refractivity contribution >= 4 is 40.2 Å². The number of carbonyl (C=O) groups excluding carboxylic acids is 3. The Morgan fingerprint density at radius 2 is 2.00 bits per heavy atom. The van der Waals surface area contributed by atoms with Crippen LogP contribution in [-0.2, 0) is 9.59 Å². The number of benzene rings is 1. The first-order chi connectivity index (χ1) is 17.4. The van der Waals surface area contributed by atoms with Gasteiger partial charge in [-0.25, -0.2) is 17.6 Å². The minimum Gasteiger partial charge on any atom is -0.356 e. The SMILES string of the molecule is C[C@H](C[C@@H]1CCCNC1=O)NC(=O)[C@@H]1[C@H]2CC(F)(F)C[C@H]2CN1C(=O)c1cc2c(F)cc(F)c(Cl)c2[nH]1. The Hall–Kier alpha value is -2.82. The Labute approximate surface area is 215 Å². The van der Waals surface area contributed by atoms with Gasteiger partial charge in [0.2, 0.25) is 17.7 Å². The van der Waals surface area contributed by atoms with E-state index in [-0.39, 0.29) is 40.0 Å². The summed E-state index contributed by atoms with van der Waals surface area (Å²) in [7, 11) is 0. The number of carbonyl (C=O) groups is 3. The number of rotatable bonds is 5. The second kappa shape index (κ2) is 9.49. The smallest absolute Gasteiger partial charge is 0.271 e. The van der Waals surface area contributed by atoms with Crippen molar-refractivity contribution in [3.05, 3.63) is 34.5 Å². The minimum absolute atomic E-state index is 0.0729. The van der Waals surface area contributed by atoms with Gasteiger partial charge in [0.15, 0.2) is 0 Å². The van der Waals surface area contributed by atoms with Crippen LogP contribution in [0.15, 0.2) is 12.1 Å². The summed E-state index contributed by atoms with van der Waals surface area (Å²) in [6.07, 6.45) is 0.934. The zero-order chi connectivity index (χ0) is 26.6. The average Bonchev–Trinajstić information content (AvgIpc) is 3.49. The summed E-state index contributed by atoms with van der Waals surface area (Å²) in [5.74, 6) is -7.81. The number of H-pyrrole nitrogens is 1. The predicted molar refractivity (Wildman–Crippen MR) is 127 cm³/mol. The summed E-state index contributed by atoms with van der Waals surface area (Å²) < 4.78 is 56.7. The van der Waals surface area contributed by atoms with Crippen LogP contribution < -0.4 is 10.6 Å². The third kappa shape index (κ3) is 4.78. The molecule has 1 saturated carbocycles. The maximum absolute atomic E-state index is 14.3. The van der Waals surface area contributed by atoms with Crippen LogP contribution in [0.4, 0.5) is 17.6 Å². The molecule has 3 amide bonds. The second-order valence-electron chi connectivity index (χ2n) is 10.5. The lowest BCUT2D eigenvalue weighted by Gasteiger charge is -2.30. The molecule has 37 heavy (non-hydrogen) atoms. The topological polar surface area (TPSA) is 94.3 Å². The van der Waals surface area contributed by atoms with E-state index >= 15 is 0 Å². The van der Waals surface area contributed by atoms with Crippen LogP contribution in [0.25, 0.3) is 10.9 Å². The van der Waals surface area contributed by atoms with Gasteiger partial charge in [0.05, 0.1) is 5.52 Å². The number of likely N-dealkylation sites (tertiary alicyclic amines) is 1. The first-order valence-electron chi connectivity index (χ1n) is 12.4. The molecule has 1 aliphatic carbocycles. The first kappa shape index (κ1) is 25.8. The first-order valence-corrected chi connectivity index (χ1v) is 12.8. The molecule has 7 nitrogen and oxygen atoms in total. The fraction of sp³-hybridized carbons (Fsp3) is 0.560. The van der Waals surface area contributed by atoms with E-state index in [4.69, 9.17) is 11.6 Å². The van der Waals surface area contributed by atoms with E-state index in [9.17, 15) is 31.9 Å². The van der Waals surface area contributed by atoms with Gasteiger partial charge < -0.3 is 20.5 Å². The minimum atomic E-state index is -2.94. The second-order valence-corrected chi connectivity index (χ2v) is 10.9. The number of piperidine rings is 1. The normalized spacial score (nSPS) is 27.7. The summed E-state index contributed by atoms with van der Waals surface area (Å²) in [5, 5.41) is 5.13. The number of amides is 3. The lowest BCUT2D eigenvalue weighted by Crippen LogP contribution is -2.51. The highest BCUT2D eigenvalue weighted by Gasteiger charge is 2.58. The van der Waals surface area contributed by atoms with Crippen molar-refractivity contribution in [3.8, 4) is 0 Å². The fourth-order valence-electron chi connectivity index (χ4n) is 6.17. The van der Waals surface area contributed by atoms with Gasteiger partial charge in [-0.1, -0.05) is 11.6 Å². The van der Waals surface area contributed by atoms with E-state index in [0.29, 0.717) is 25.5 Å². The molecule has 0 spiro atoms. The van der Waals surface area contributed by atoms with Crippen molar-refractivity contribution in [1.82, 2.24) is 20.5 Å². The summed E-state index contributed by atoms with van der Waals surface area (Å²) in [4.78, 5) is 42.9. The Morgan fingerprint density at radius 3 is 2.73 bits per heavy atom. The van der Waals surface area contributed by atoms with Crippen LogP contribution in [0.1, 0.15) is 49.5 Å². The van der Waals surface area contributed by atoms with Gasteiger partial charge in [-0.05, 0) is 44.1 Å². The summed E-state index contributed by atoms with van der Waals surface area (Å²) in [6, 6.07) is 0.194. The quantitative estimate of drug-likeness (QED) is 0.394. The molecule has 1 aromatic heterocycles. The molecule has 2 aliphatic heterocycles. The van der Waals surface area contributed by atoms with Crippen LogP contribution >= 0.6 is 11.6 Å². The molecule has 0 unspecified atom stereocenters. The average molecular weight is 543 g/mol. The molecule has 200 valence electrons. The van der Waals surface area contributed by atoms with E-state index in [1.165, 1.54) is 11.0 Å². The monoisotopic (exact) mass is 542 g/mol. The van der Waals surface area contributed by atoms with E-state index in [0.717, 1.165) is 6.42 Å². The molecule has 0 radical (unpaired) electrons. The molecule has 3 heterocycles. The number of fused-ring (bicyclic) bond motifs is 2. The number of aromatic nitrogens is 1. The Morgan fingerprint density at radius 1 is 1.24 bits per heavy atom.